The standard InChI is InChI=1S/C16H16BrNO4S/c1-3-18-12-9(6-7-10(17)14(12)21-2)13(19)11(15(18)23)16(20)22-8-4-5-8/h6-8,19H,3-5H2,1-2H3. The van der Waals surface area contributed by atoms with E-state index < -0.39 is 5.97 Å². The molecule has 0 radical (unpaired) electrons. The third kappa shape index (κ3) is 2.72. The monoisotopic (exact) mass is 397 g/mol. The molecule has 0 bridgehead atoms. The first kappa shape index (κ1) is 16.3. The quantitative estimate of drug-likeness (QED) is 0.618. The fourth-order valence-electron chi connectivity index (χ4n) is 2.55. The summed E-state index contributed by atoms with van der Waals surface area (Å²) in [6.45, 7) is 2.45. The molecule has 1 aliphatic carbocycles. The molecule has 0 saturated heterocycles. The number of methoxy groups -OCH3 is 1. The fourth-order valence-corrected chi connectivity index (χ4v) is 3.44. The Morgan fingerprint density at radius 3 is 2.74 bits per heavy atom. The van der Waals surface area contributed by atoms with Crippen molar-refractivity contribution in [3.63, 3.8) is 0 Å². The van der Waals surface area contributed by atoms with Crippen LogP contribution >= 0.6 is 28.1 Å². The predicted octanol–water partition coefficient (Wildman–Crippen LogP) is 4.19. The molecule has 1 saturated carbocycles. The third-order valence-electron chi connectivity index (χ3n) is 3.83. The van der Waals surface area contributed by atoms with Gasteiger partial charge in [0.2, 0.25) is 0 Å². The molecule has 5 nitrogen and oxygen atoms in total. The number of fused-ring (bicyclic) bond motifs is 1. The Morgan fingerprint density at radius 1 is 1.48 bits per heavy atom. The van der Waals surface area contributed by atoms with Crippen LogP contribution in [0.5, 0.6) is 11.5 Å². The van der Waals surface area contributed by atoms with Crippen molar-refractivity contribution in [2.24, 2.45) is 0 Å². The maximum atomic E-state index is 12.4. The first-order chi connectivity index (χ1) is 11.0. The second kappa shape index (κ2) is 6.13. The van der Waals surface area contributed by atoms with Crippen molar-refractivity contribution in [1.29, 1.82) is 0 Å². The van der Waals surface area contributed by atoms with Crippen LogP contribution in [-0.4, -0.2) is 28.9 Å². The number of nitrogens with zero attached hydrogens (tertiary/aromatic N) is 1. The summed E-state index contributed by atoms with van der Waals surface area (Å²) in [7, 11) is 1.55. The Kier molecular flexibility index (Phi) is 4.33. The van der Waals surface area contributed by atoms with Crippen LogP contribution in [0.25, 0.3) is 10.9 Å². The molecule has 1 aromatic heterocycles. The molecule has 0 amide bonds. The van der Waals surface area contributed by atoms with Crippen LogP contribution in [0.4, 0.5) is 0 Å². The number of carbonyl (C=O) groups excluding carboxylic acids is 1. The summed E-state index contributed by atoms with van der Waals surface area (Å²) in [6.07, 6.45) is 1.67. The van der Waals surface area contributed by atoms with Crippen molar-refractivity contribution in [2.45, 2.75) is 32.4 Å². The molecular formula is C16H16BrNO4S. The Morgan fingerprint density at radius 2 is 2.17 bits per heavy atom. The molecule has 1 fully saturated rings. The van der Waals surface area contributed by atoms with Crippen LogP contribution in [0, 0.1) is 4.64 Å². The molecule has 1 heterocycles. The molecule has 3 rings (SSSR count). The number of hydrogen-bond donors (Lipinski definition) is 1. The highest BCUT2D eigenvalue weighted by Crippen LogP contribution is 2.40. The lowest BCUT2D eigenvalue weighted by atomic mass is 10.1. The van der Waals surface area contributed by atoms with Gasteiger partial charge in [-0.3, -0.25) is 0 Å². The van der Waals surface area contributed by atoms with E-state index in [2.05, 4.69) is 15.9 Å². The summed E-state index contributed by atoms with van der Waals surface area (Å²) in [5.41, 5.74) is 0.695. The number of hydrogen-bond acceptors (Lipinski definition) is 5. The molecule has 2 aromatic rings. The van der Waals surface area contributed by atoms with Gasteiger partial charge in [-0.2, -0.15) is 0 Å². The normalized spacial score (nSPS) is 14.0. The minimum Gasteiger partial charge on any atom is -0.506 e. The van der Waals surface area contributed by atoms with E-state index in [1.165, 1.54) is 0 Å². The largest absolute Gasteiger partial charge is 0.506 e. The van der Waals surface area contributed by atoms with Gasteiger partial charge in [0.05, 0.1) is 17.1 Å². The van der Waals surface area contributed by atoms with Crippen LogP contribution in [0.15, 0.2) is 16.6 Å². The van der Waals surface area contributed by atoms with Crippen molar-refractivity contribution in [3.05, 3.63) is 26.8 Å². The number of rotatable bonds is 4. The zero-order chi connectivity index (χ0) is 16.7. The van der Waals surface area contributed by atoms with E-state index in [4.69, 9.17) is 21.7 Å². The van der Waals surface area contributed by atoms with E-state index in [0.717, 1.165) is 17.3 Å². The average Bonchev–Trinajstić information content (AvgIpc) is 3.31. The van der Waals surface area contributed by atoms with Crippen molar-refractivity contribution >= 4 is 45.0 Å². The lowest BCUT2D eigenvalue weighted by Crippen LogP contribution is -2.13. The Labute approximate surface area is 147 Å². The predicted molar refractivity (Wildman–Crippen MR) is 92.8 cm³/mol. The summed E-state index contributed by atoms with van der Waals surface area (Å²) >= 11 is 8.87. The van der Waals surface area contributed by atoms with Gasteiger partial charge in [-0.05, 0) is 47.8 Å². The molecule has 0 aliphatic heterocycles. The van der Waals surface area contributed by atoms with E-state index in [1.807, 2.05) is 6.92 Å². The summed E-state index contributed by atoms with van der Waals surface area (Å²) in [6, 6.07) is 3.49. The lowest BCUT2D eigenvalue weighted by Gasteiger charge is -2.18. The van der Waals surface area contributed by atoms with Crippen LogP contribution in [-0.2, 0) is 11.3 Å². The van der Waals surface area contributed by atoms with E-state index in [-0.39, 0.29) is 22.1 Å². The van der Waals surface area contributed by atoms with Gasteiger partial charge in [0, 0.05) is 11.9 Å². The maximum absolute atomic E-state index is 12.4. The number of aromatic nitrogens is 1. The second-order valence-electron chi connectivity index (χ2n) is 5.35. The highest BCUT2D eigenvalue weighted by Gasteiger charge is 2.30. The molecule has 1 N–H and O–H groups in total. The van der Waals surface area contributed by atoms with Crippen LogP contribution in [0.1, 0.15) is 30.1 Å². The topological polar surface area (TPSA) is 60.7 Å². The van der Waals surface area contributed by atoms with Crippen molar-refractivity contribution in [1.82, 2.24) is 4.57 Å². The first-order valence-corrected chi connectivity index (χ1v) is 8.52. The number of esters is 1. The van der Waals surface area contributed by atoms with Gasteiger partial charge in [-0.1, -0.05) is 12.2 Å². The summed E-state index contributed by atoms with van der Waals surface area (Å²) in [5.74, 6) is -0.167. The molecule has 7 heteroatoms. The van der Waals surface area contributed by atoms with Crippen molar-refractivity contribution in [2.75, 3.05) is 7.11 Å². The fraction of sp³-hybridized carbons (Fsp3) is 0.375. The summed E-state index contributed by atoms with van der Waals surface area (Å²) < 4.78 is 13.5. The Balaban J connectivity index is 2.33. The number of ether oxygens (including phenoxy) is 2. The first-order valence-electron chi connectivity index (χ1n) is 7.32. The van der Waals surface area contributed by atoms with E-state index >= 15 is 0 Å². The number of aromatic hydroxyl groups is 1. The third-order valence-corrected chi connectivity index (χ3v) is 4.88. The highest BCUT2D eigenvalue weighted by atomic mass is 79.9. The van der Waals surface area contributed by atoms with Gasteiger partial charge in [-0.25, -0.2) is 4.79 Å². The average molecular weight is 398 g/mol. The summed E-state index contributed by atoms with van der Waals surface area (Å²) in [5, 5.41) is 11.1. The van der Waals surface area contributed by atoms with Gasteiger partial charge >= 0.3 is 5.97 Å². The molecule has 1 aromatic carbocycles. The zero-order valence-corrected chi connectivity index (χ0v) is 15.2. The number of carbonyl (C=O) groups is 1. The number of halogens is 1. The minimum absolute atomic E-state index is 0.0469. The lowest BCUT2D eigenvalue weighted by molar-refractivity contribution is 0.0467. The molecule has 122 valence electrons. The van der Waals surface area contributed by atoms with Gasteiger partial charge in [0.25, 0.3) is 0 Å². The van der Waals surface area contributed by atoms with Crippen molar-refractivity contribution in [3.8, 4) is 11.5 Å². The summed E-state index contributed by atoms with van der Waals surface area (Å²) in [4.78, 5) is 12.4. The molecule has 1 aliphatic rings. The SMILES string of the molecule is CCn1c(=S)c(C(=O)OC2CC2)c(O)c2ccc(Br)c(OC)c21. The zero-order valence-electron chi connectivity index (χ0n) is 12.8. The molecule has 0 atom stereocenters. The van der Waals surface area contributed by atoms with Gasteiger partial charge in [0.15, 0.2) is 5.75 Å². The van der Waals surface area contributed by atoms with E-state index in [0.29, 0.717) is 23.2 Å². The minimum atomic E-state index is -0.569. The van der Waals surface area contributed by atoms with E-state index in [1.54, 1.807) is 23.8 Å². The smallest absolute Gasteiger partial charge is 0.345 e. The van der Waals surface area contributed by atoms with Gasteiger partial charge < -0.3 is 19.1 Å². The van der Waals surface area contributed by atoms with Crippen LogP contribution in [0.2, 0.25) is 0 Å². The molecular weight excluding hydrogens is 382 g/mol. The highest BCUT2D eigenvalue weighted by molar-refractivity contribution is 9.10. The van der Waals surface area contributed by atoms with Crippen LogP contribution in [0.3, 0.4) is 0 Å². The van der Waals surface area contributed by atoms with Gasteiger partial charge in [0.1, 0.15) is 22.1 Å². The van der Waals surface area contributed by atoms with E-state index in [9.17, 15) is 9.90 Å². The number of pyridine rings is 1. The Hall–Kier alpha value is -1.60. The van der Waals surface area contributed by atoms with Crippen molar-refractivity contribution < 1.29 is 19.4 Å². The molecule has 0 spiro atoms. The Bertz CT molecular complexity index is 858. The van der Waals surface area contributed by atoms with Crippen LogP contribution < -0.4 is 4.74 Å². The van der Waals surface area contributed by atoms with Gasteiger partial charge in [-0.15, -0.1) is 0 Å². The molecule has 0 unspecified atom stereocenters. The number of benzene rings is 1. The second-order valence-corrected chi connectivity index (χ2v) is 6.60. The number of aryl methyl sites for hydroxylation is 1. The maximum Gasteiger partial charge on any atom is 0.345 e. The molecule has 23 heavy (non-hydrogen) atoms.